The number of ether oxygens (including phenoxy) is 1. The molecule has 1 aromatic carbocycles. The first kappa shape index (κ1) is 16.1. The molecule has 21 heavy (non-hydrogen) atoms. The largest absolute Gasteiger partial charge is 0.456 e. The van der Waals surface area contributed by atoms with Gasteiger partial charge in [0.1, 0.15) is 11.5 Å². The van der Waals surface area contributed by atoms with Crippen LogP contribution in [-0.4, -0.2) is 10.5 Å². The van der Waals surface area contributed by atoms with Crippen LogP contribution in [-0.2, 0) is 6.54 Å². The zero-order valence-electron chi connectivity index (χ0n) is 12.3. The molecule has 112 valence electrons. The number of hydrogen-bond acceptors (Lipinski definition) is 3. The van der Waals surface area contributed by atoms with Gasteiger partial charge in [-0.25, -0.2) is 0 Å². The lowest BCUT2D eigenvalue weighted by molar-refractivity contribution is 0.424. The number of aromatic nitrogens is 1. The second-order valence-electron chi connectivity index (χ2n) is 5.80. The first-order chi connectivity index (χ1) is 9.83. The van der Waals surface area contributed by atoms with Gasteiger partial charge in [0.25, 0.3) is 0 Å². The highest BCUT2D eigenvalue weighted by molar-refractivity contribution is 6.31. The van der Waals surface area contributed by atoms with Crippen molar-refractivity contribution in [2.75, 3.05) is 0 Å². The topological polar surface area (TPSA) is 34.1 Å². The molecule has 0 saturated heterocycles. The fourth-order valence-corrected chi connectivity index (χ4v) is 2.08. The van der Waals surface area contributed by atoms with Crippen LogP contribution in [0.2, 0.25) is 10.0 Å². The molecule has 3 nitrogen and oxygen atoms in total. The van der Waals surface area contributed by atoms with Gasteiger partial charge in [0.05, 0.1) is 11.2 Å². The number of halogens is 2. The molecule has 1 heterocycles. The van der Waals surface area contributed by atoms with Crippen molar-refractivity contribution < 1.29 is 4.74 Å². The van der Waals surface area contributed by atoms with E-state index in [-0.39, 0.29) is 5.54 Å². The minimum atomic E-state index is 0.0466. The molecule has 0 aliphatic rings. The van der Waals surface area contributed by atoms with Crippen LogP contribution in [0.15, 0.2) is 36.7 Å². The van der Waals surface area contributed by atoms with Crippen molar-refractivity contribution in [2.45, 2.75) is 32.9 Å². The summed E-state index contributed by atoms with van der Waals surface area (Å²) in [7, 11) is 0. The Kier molecular flexibility index (Phi) is 5.09. The van der Waals surface area contributed by atoms with Crippen molar-refractivity contribution in [1.29, 1.82) is 0 Å². The van der Waals surface area contributed by atoms with Crippen LogP contribution < -0.4 is 10.1 Å². The van der Waals surface area contributed by atoms with Crippen LogP contribution in [0, 0.1) is 0 Å². The van der Waals surface area contributed by atoms with E-state index in [4.69, 9.17) is 27.9 Å². The zero-order chi connectivity index (χ0) is 15.5. The maximum Gasteiger partial charge on any atom is 0.147 e. The van der Waals surface area contributed by atoms with Gasteiger partial charge in [0.2, 0.25) is 0 Å². The fourth-order valence-electron chi connectivity index (χ4n) is 1.68. The Hall–Kier alpha value is -1.29. The van der Waals surface area contributed by atoms with E-state index in [1.807, 2.05) is 12.1 Å². The number of pyridine rings is 1. The van der Waals surface area contributed by atoms with Crippen molar-refractivity contribution in [2.24, 2.45) is 0 Å². The van der Waals surface area contributed by atoms with Crippen LogP contribution in [0.25, 0.3) is 0 Å². The Morgan fingerprint density at radius 3 is 2.48 bits per heavy atom. The van der Waals surface area contributed by atoms with Crippen molar-refractivity contribution in [3.05, 3.63) is 52.3 Å². The molecular formula is C16H18Cl2N2O. The molecule has 0 aliphatic heterocycles. The monoisotopic (exact) mass is 324 g/mol. The molecule has 1 N–H and O–H groups in total. The SMILES string of the molecule is CC(C)(C)NCc1ccc(Oc2cncc(Cl)c2)cc1Cl. The average molecular weight is 325 g/mol. The summed E-state index contributed by atoms with van der Waals surface area (Å²) < 4.78 is 5.69. The molecule has 0 saturated carbocycles. The van der Waals surface area contributed by atoms with Crippen LogP contribution in [0.5, 0.6) is 11.5 Å². The Labute approximate surface area is 135 Å². The summed E-state index contributed by atoms with van der Waals surface area (Å²) >= 11 is 12.2. The van der Waals surface area contributed by atoms with E-state index in [0.29, 0.717) is 28.1 Å². The Morgan fingerprint density at radius 2 is 1.86 bits per heavy atom. The highest BCUT2D eigenvalue weighted by Gasteiger charge is 2.10. The van der Waals surface area contributed by atoms with E-state index < -0.39 is 0 Å². The van der Waals surface area contributed by atoms with Gasteiger partial charge in [-0.15, -0.1) is 0 Å². The summed E-state index contributed by atoms with van der Waals surface area (Å²) in [5, 5.41) is 4.60. The van der Waals surface area contributed by atoms with E-state index in [9.17, 15) is 0 Å². The summed E-state index contributed by atoms with van der Waals surface area (Å²) in [6.07, 6.45) is 3.16. The van der Waals surface area contributed by atoms with Gasteiger partial charge in [-0.05, 0) is 38.5 Å². The summed E-state index contributed by atoms with van der Waals surface area (Å²) in [5.74, 6) is 1.24. The van der Waals surface area contributed by atoms with Crippen molar-refractivity contribution in [3.63, 3.8) is 0 Å². The minimum absolute atomic E-state index is 0.0466. The van der Waals surface area contributed by atoms with E-state index in [1.165, 1.54) is 0 Å². The van der Waals surface area contributed by atoms with E-state index in [0.717, 1.165) is 5.56 Å². The number of rotatable bonds is 4. The van der Waals surface area contributed by atoms with Gasteiger partial charge in [-0.3, -0.25) is 4.98 Å². The third-order valence-electron chi connectivity index (χ3n) is 2.75. The maximum atomic E-state index is 6.29. The predicted molar refractivity (Wildman–Crippen MR) is 87.4 cm³/mol. The number of hydrogen-bond donors (Lipinski definition) is 1. The molecule has 0 bridgehead atoms. The molecule has 0 radical (unpaired) electrons. The first-order valence-electron chi connectivity index (χ1n) is 6.65. The van der Waals surface area contributed by atoms with Crippen molar-refractivity contribution in [1.82, 2.24) is 10.3 Å². The van der Waals surface area contributed by atoms with Crippen LogP contribution in [0.4, 0.5) is 0 Å². The third-order valence-corrected chi connectivity index (χ3v) is 3.31. The summed E-state index contributed by atoms with van der Waals surface area (Å²) in [6, 6.07) is 7.33. The number of nitrogens with one attached hydrogen (secondary N) is 1. The molecule has 0 unspecified atom stereocenters. The normalized spacial score (nSPS) is 11.5. The predicted octanol–water partition coefficient (Wildman–Crippen LogP) is 5.07. The average Bonchev–Trinajstić information content (AvgIpc) is 2.36. The summed E-state index contributed by atoms with van der Waals surface area (Å²) in [5.41, 5.74) is 1.08. The van der Waals surface area contributed by atoms with Crippen molar-refractivity contribution >= 4 is 23.2 Å². The Balaban J connectivity index is 2.08. The van der Waals surface area contributed by atoms with E-state index in [1.54, 1.807) is 24.5 Å². The molecular weight excluding hydrogens is 307 g/mol. The maximum absolute atomic E-state index is 6.29. The first-order valence-corrected chi connectivity index (χ1v) is 7.41. The lowest BCUT2D eigenvalue weighted by Crippen LogP contribution is -2.35. The van der Waals surface area contributed by atoms with Gasteiger partial charge in [-0.1, -0.05) is 29.3 Å². The molecule has 5 heteroatoms. The molecule has 0 atom stereocenters. The van der Waals surface area contributed by atoms with Crippen LogP contribution >= 0.6 is 23.2 Å². The minimum Gasteiger partial charge on any atom is -0.456 e. The lowest BCUT2D eigenvalue weighted by Gasteiger charge is -2.21. The molecule has 0 amide bonds. The van der Waals surface area contributed by atoms with E-state index >= 15 is 0 Å². The second-order valence-corrected chi connectivity index (χ2v) is 6.64. The Bertz CT molecular complexity index is 624. The molecule has 0 spiro atoms. The highest BCUT2D eigenvalue weighted by Crippen LogP contribution is 2.27. The van der Waals surface area contributed by atoms with Crippen LogP contribution in [0.3, 0.4) is 0 Å². The quantitative estimate of drug-likeness (QED) is 0.852. The lowest BCUT2D eigenvalue weighted by atomic mass is 10.1. The number of benzene rings is 1. The zero-order valence-corrected chi connectivity index (χ0v) is 13.8. The molecule has 0 aliphatic carbocycles. The fraction of sp³-hybridized carbons (Fsp3) is 0.312. The van der Waals surface area contributed by atoms with Gasteiger partial charge in [-0.2, -0.15) is 0 Å². The van der Waals surface area contributed by atoms with Gasteiger partial charge < -0.3 is 10.1 Å². The van der Waals surface area contributed by atoms with Gasteiger partial charge >= 0.3 is 0 Å². The number of nitrogens with zero attached hydrogens (tertiary/aromatic N) is 1. The molecule has 2 aromatic rings. The third kappa shape index (κ3) is 5.20. The van der Waals surface area contributed by atoms with Crippen molar-refractivity contribution in [3.8, 4) is 11.5 Å². The standard InChI is InChI=1S/C16H18Cl2N2O/c1-16(2,3)20-8-11-4-5-13(7-15(11)18)21-14-6-12(17)9-19-10-14/h4-7,9-10,20H,8H2,1-3H3. The summed E-state index contributed by atoms with van der Waals surface area (Å²) in [4.78, 5) is 3.98. The molecule has 2 rings (SSSR count). The smallest absolute Gasteiger partial charge is 0.147 e. The van der Waals surface area contributed by atoms with Crippen LogP contribution in [0.1, 0.15) is 26.3 Å². The molecule has 1 aromatic heterocycles. The van der Waals surface area contributed by atoms with Gasteiger partial charge in [0, 0.05) is 29.4 Å². The van der Waals surface area contributed by atoms with Gasteiger partial charge in [0.15, 0.2) is 0 Å². The molecule has 0 fully saturated rings. The Morgan fingerprint density at radius 1 is 1.10 bits per heavy atom. The second kappa shape index (κ2) is 6.65. The highest BCUT2D eigenvalue weighted by atomic mass is 35.5. The van der Waals surface area contributed by atoms with E-state index in [2.05, 4.69) is 31.1 Å². The summed E-state index contributed by atoms with van der Waals surface area (Å²) in [6.45, 7) is 7.06.